The summed E-state index contributed by atoms with van der Waals surface area (Å²) in [7, 11) is 1.53. The highest BCUT2D eigenvalue weighted by Crippen LogP contribution is 2.22. The molecule has 5 nitrogen and oxygen atoms in total. The monoisotopic (exact) mass is 243 g/mol. The average molecular weight is 243 g/mol. The molecule has 0 aliphatic carbocycles. The van der Waals surface area contributed by atoms with Gasteiger partial charge in [-0.15, -0.1) is 0 Å². The van der Waals surface area contributed by atoms with Crippen LogP contribution in [0.4, 0.5) is 11.5 Å². The number of pyridine rings is 1. The van der Waals surface area contributed by atoms with Crippen LogP contribution in [0.3, 0.4) is 0 Å². The molecule has 0 fully saturated rings. The molecule has 0 radical (unpaired) electrons. The standard InChI is InChI=1S/C13H13N3O2/c1-18-11-6-5-9(8-10(11)14)13(17)16-12-4-2-3-7-15-12/h2-8H,14H2,1H3,(H,15,16,17). The van der Waals surface area contributed by atoms with Gasteiger partial charge in [0.15, 0.2) is 0 Å². The smallest absolute Gasteiger partial charge is 0.256 e. The number of nitrogens with two attached hydrogens (primary N) is 1. The minimum absolute atomic E-state index is 0.261. The van der Waals surface area contributed by atoms with E-state index in [0.717, 1.165) is 0 Å². The first-order valence-corrected chi connectivity index (χ1v) is 5.36. The van der Waals surface area contributed by atoms with Gasteiger partial charge >= 0.3 is 0 Å². The van der Waals surface area contributed by atoms with Crippen molar-refractivity contribution in [3.63, 3.8) is 0 Å². The first-order valence-electron chi connectivity index (χ1n) is 5.36. The Bertz CT molecular complexity index is 555. The summed E-state index contributed by atoms with van der Waals surface area (Å²) in [5.41, 5.74) is 6.62. The van der Waals surface area contributed by atoms with Gasteiger partial charge in [-0.2, -0.15) is 0 Å². The van der Waals surface area contributed by atoms with Crippen LogP contribution in [0.2, 0.25) is 0 Å². The number of methoxy groups -OCH3 is 1. The highest BCUT2D eigenvalue weighted by Gasteiger charge is 2.09. The largest absolute Gasteiger partial charge is 0.495 e. The lowest BCUT2D eigenvalue weighted by molar-refractivity contribution is 0.102. The van der Waals surface area contributed by atoms with Gasteiger partial charge in [-0.25, -0.2) is 4.98 Å². The summed E-state index contributed by atoms with van der Waals surface area (Å²) < 4.78 is 5.03. The van der Waals surface area contributed by atoms with E-state index in [1.165, 1.54) is 7.11 Å². The van der Waals surface area contributed by atoms with Gasteiger partial charge in [0.1, 0.15) is 11.6 Å². The number of anilines is 2. The van der Waals surface area contributed by atoms with Gasteiger partial charge in [0, 0.05) is 11.8 Å². The number of nitrogens with one attached hydrogen (secondary N) is 1. The molecule has 0 unspecified atom stereocenters. The number of aromatic nitrogens is 1. The fraction of sp³-hybridized carbons (Fsp3) is 0.0769. The lowest BCUT2D eigenvalue weighted by Gasteiger charge is -2.07. The second-order valence-corrected chi connectivity index (χ2v) is 3.63. The maximum atomic E-state index is 11.9. The molecule has 1 heterocycles. The zero-order valence-corrected chi connectivity index (χ0v) is 9.88. The number of carbonyl (C=O) groups is 1. The van der Waals surface area contributed by atoms with E-state index in [2.05, 4.69) is 10.3 Å². The number of benzene rings is 1. The lowest BCUT2D eigenvalue weighted by atomic mass is 10.2. The Morgan fingerprint density at radius 1 is 1.33 bits per heavy atom. The molecule has 0 saturated heterocycles. The lowest BCUT2D eigenvalue weighted by Crippen LogP contribution is -2.13. The molecule has 0 atom stereocenters. The quantitative estimate of drug-likeness (QED) is 0.807. The molecule has 2 aromatic rings. The fourth-order valence-corrected chi connectivity index (χ4v) is 1.50. The van der Waals surface area contributed by atoms with Crippen molar-refractivity contribution in [1.82, 2.24) is 4.98 Å². The first kappa shape index (κ1) is 11.9. The highest BCUT2D eigenvalue weighted by molar-refractivity contribution is 6.04. The van der Waals surface area contributed by atoms with Gasteiger partial charge in [-0.3, -0.25) is 4.79 Å². The number of nitrogens with zero attached hydrogens (tertiary/aromatic N) is 1. The highest BCUT2D eigenvalue weighted by atomic mass is 16.5. The van der Waals surface area contributed by atoms with Crippen LogP contribution in [0.1, 0.15) is 10.4 Å². The van der Waals surface area contributed by atoms with E-state index < -0.39 is 0 Å². The topological polar surface area (TPSA) is 77.2 Å². The van der Waals surface area contributed by atoms with E-state index in [-0.39, 0.29) is 5.91 Å². The van der Waals surface area contributed by atoms with Gasteiger partial charge in [-0.1, -0.05) is 6.07 Å². The molecular weight excluding hydrogens is 230 g/mol. The summed E-state index contributed by atoms with van der Waals surface area (Å²) in [6.45, 7) is 0. The Balaban J connectivity index is 2.17. The molecule has 1 aromatic heterocycles. The molecule has 1 aromatic carbocycles. The van der Waals surface area contributed by atoms with Crippen molar-refractivity contribution >= 4 is 17.4 Å². The average Bonchev–Trinajstić information content (AvgIpc) is 2.39. The van der Waals surface area contributed by atoms with E-state index in [9.17, 15) is 4.79 Å². The minimum Gasteiger partial charge on any atom is -0.495 e. The second-order valence-electron chi connectivity index (χ2n) is 3.63. The van der Waals surface area contributed by atoms with Crippen LogP contribution in [0.15, 0.2) is 42.6 Å². The Morgan fingerprint density at radius 2 is 2.17 bits per heavy atom. The Kier molecular flexibility index (Phi) is 3.43. The predicted molar refractivity (Wildman–Crippen MR) is 69.6 cm³/mol. The molecule has 0 bridgehead atoms. The molecular formula is C13H13N3O2. The number of rotatable bonds is 3. The Labute approximate surface area is 105 Å². The zero-order valence-electron chi connectivity index (χ0n) is 9.88. The van der Waals surface area contributed by atoms with Crippen molar-refractivity contribution in [3.8, 4) is 5.75 Å². The molecule has 1 amide bonds. The summed E-state index contributed by atoms with van der Waals surface area (Å²) in [4.78, 5) is 15.9. The van der Waals surface area contributed by atoms with Crippen molar-refractivity contribution in [3.05, 3.63) is 48.2 Å². The normalized spacial score (nSPS) is 9.83. The number of amides is 1. The van der Waals surface area contributed by atoms with E-state index in [0.29, 0.717) is 22.8 Å². The van der Waals surface area contributed by atoms with E-state index >= 15 is 0 Å². The number of nitrogen functional groups attached to an aromatic ring is 1. The maximum absolute atomic E-state index is 11.9. The molecule has 0 aliphatic heterocycles. The van der Waals surface area contributed by atoms with Crippen molar-refractivity contribution in [1.29, 1.82) is 0 Å². The van der Waals surface area contributed by atoms with Crippen LogP contribution in [-0.2, 0) is 0 Å². The fourth-order valence-electron chi connectivity index (χ4n) is 1.50. The van der Waals surface area contributed by atoms with E-state index in [1.54, 1.807) is 42.6 Å². The number of hydrogen-bond acceptors (Lipinski definition) is 4. The number of carbonyl (C=O) groups excluding carboxylic acids is 1. The maximum Gasteiger partial charge on any atom is 0.256 e. The summed E-state index contributed by atoms with van der Waals surface area (Å²) in [6, 6.07) is 10.2. The Morgan fingerprint density at radius 3 is 2.78 bits per heavy atom. The van der Waals surface area contributed by atoms with Gasteiger partial charge in [-0.05, 0) is 30.3 Å². The molecule has 2 rings (SSSR count). The Hall–Kier alpha value is -2.56. The molecule has 92 valence electrons. The van der Waals surface area contributed by atoms with Gasteiger partial charge < -0.3 is 15.8 Å². The van der Waals surface area contributed by atoms with Crippen LogP contribution >= 0.6 is 0 Å². The zero-order chi connectivity index (χ0) is 13.0. The van der Waals surface area contributed by atoms with Gasteiger partial charge in [0.2, 0.25) is 0 Å². The third-order valence-electron chi connectivity index (χ3n) is 2.40. The van der Waals surface area contributed by atoms with E-state index in [1.807, 2.05) is 0 Å². The molecule has 18 heavy (non-hydrogen) atoms. The molecule has 0 saturated carbocycles. The van der Waals surface area contributed by atoms with Crippen LogP contribution in [-0.4, -0.2) is 18.0 Å². The summed E-state index contributed by atoms with van der Waals surface area (Å²) >= 11 is 0. The number of ether oxygens (including phenoxy) is 1. The van der Waals surface area contributed by atoms with Gasteiger partial charge in [0.05, 0.1) is 12.8 Å². The third-order valence-corrected chi connectivity index (χ3v) is 2.40. The molecule has 0 aliphatic rings. The summed E-state index contributed by atoms with van der Waals surface area (Å²) in [5.74, 6) is 0.782. The minimum atomic E-state index is -0.261. The molecule has 5 heteroatoms. The molecule has 3 N–H and O–H groups in total. The molecule has 0 spiro atoms. The second kappa shape index (κ2) is 5.18. The van der Waals surface area contributed by atoms with Gasteiger partial charge in [0.25, 0.3) is 5.91 Å². The van der Waals surface area contributed by atoms with Crippen molar-refractivity contribution < 1.29 is 9.53 Å². The summed E-state index contributed by atoms with van der Waals surface area (Å²) in [5, 5.41) is 2.68. The van der Waals surface area contributed by atoms with Crippen LogP contribution in [0.5, 0.6) is 5.75 Å². The number of hydrogen-bond donors (Lipinski definition) is 2. The third kappa shape index (κ3) is 2.57. The SMILES string of the molecule is COc1ccc(C(=O)Nc2ccccn2)cc1N. The van der Waals surface area contributed by atoms with Crippen LogP contribution in [0.25, 0.3) is 0 Å². The van der Waals surface area contributed by atoms with Crippen LogP contribution < -0.4 is 15.8 Å². The van der Waals surface area contributed by atoms with Crippen molar-refractivity contribution in [2.24, 2.45) is 0 Å². The predicted octanol–water partition coefficient (Wildman–Crippen LogP) is 1.92. The van der Waals surface area contributed by atoms with Crippen LogP contribution in [0, 0.1) is 0 Å². The van der Waals surface area contributed by atoms with Crippen molar-refractivity contribution in [2.45, 2.75) is 0 Å². The first-order chi connectivity index (χ1) is 8.70. The van der Waals surface area contributed by atoms with E-state index in [4.69, 9.17) is 10.5 Å². The summed E-state index contributed by atoms with van der Waals surface area (Å²) in [6.07, 6.45) is 1.61. The van der Waals surface area contributed by atoms with Crippen molar-refractivity contribution in [2.75, 3.05) is 18.2 Å².